The molecule has 0 aromatic carbocycles. The van der Waals surface area contributed by atoms with Gasteiger partial charge < -0.3 is 5.11 Å². The summed E-state index contributed by atoms with van der Waals surface area (Å²) in [4.78, 5) is 0. The van der Waals surface area contributed by atoms with Crippen molar-refractivity contribution in [3.05, 3.63) is 12.2 Å². The fraction of sp³-hybridized carbons (Fsp3) is 0.875. The van der Waals surface area contributed by atoms with E-state index in [1.165, 1.54) is 36.0 Å². The van der Waals surface area contributed by atoms with Gasteiger partial charge in [-0.3, -0.25) is 0 Å². The number of aliphatic hydroxyl groups excluding tert-OH is 1. The van der Waals surface area contributed by atoms with Crippen LogP contribution in [0.2, 0.25) is 0 Å². The average molecular weight is 230 g/mol. The zero-order valence-electron chi connectivity index (χ0n) is 10.3. The maximum absolute atomic E-state index is 8.81. The van der Waals surface area contributed by atoms with Crippen LogP contribution in [0.25, 0.3) is 0 Å². The lowest BCUT2D eigenvalue weighted by Gasteiger charge is -2.85. The lowest BCUT2D eigenvalue weighted by molar-refractivity contribution is -0.370. The minimum Gasteiger partial charge on any atom is -0.396 e. The molecule has 5 aliphatic rings. The van der Waals surface area contributed by atoms with E-state index in [0.29, 0.717) is 6.61 Å². The Labute approximate surface area is 103 Å². The Balaban J connectivity index is 1.28. The Hall–Kier alpha value is -0.300. The molecule has 5 rings (SSSR count). The Bertz CT molecular complexity index is 381. The molecule has 0 heterocycles. The van der Waals surface area contributed by atoms with Crippen molar-refractivity contribution in [2.24, 2.45) is 53.3 Å². The Kier molecular flexibility index (Phi) is 1.69. The molecule has 5 saturated carbocycles. The van der Waals surface area contributed by atoms with Crippen LogP contribution >= 0.6 is 0 Å². The smallest absolute Gasteiger partial charge is 0.0465 e. The maximum Gasteiger partial charge on any atom is 0.0465 e. The van der Waals surface area contributed by atoms with Crippen molar-refractivity contribution in [3.8, 4) is 0 Å². The molecular weight excluding hydrogens is 208 g/mol. The lowest BCUT2D eigenvalue weighted by atomic mass is 9.20. The van der Waals surface area contributed by atoms with Gasteiger partial charge in [0.1, 0.15) is 0 Å². The third-order valence-electron chi connectivity index (χ3n) is 7.30. The van der Waals surface area contributed by atoms with Crippen molar-refractivity contribution in [2.45, 2.75) is 25.7 Å². The molecule has 5 aliphatic carbocycles. The van der Waals surface area contributed by atoms with E-state index in [4.69, 9.17) is 5.11 Å². The summed E-state index contributed by atoms with van der Waals surface area (Å²) in [5.41, 5.74) is 0. The summed E-state index contributed by atoms with van der Waals surface area (Å²) >= 11 is 0. The van der Waals surface area contributed by atoms with Gasteiger partial charge in [-0.15, -0.1) is 0 Å². The predicted octanol–water partition coefficient (Wildman–Crippen LogP) is 2.71. The van der Waals surface area contributed by atoms with E-state index in [1.54, 1.807) is 12.8 Å². The minimum absolute atomic E-state index is 0.317. The van der Waals surface area contributed by atoms with E-state index in [2.05, 4.69) is 12.2 Å². The summed E-state index contributed by atoms with van der Waals surface area (Å²) in [6, 6.07) is 0. The van der Waals surface area contributed by atoms with E-state index in [0.717, 1.165) is 30.1 Å². The second-order valence-electron chi connectivity index (χ2n) is 7.30. The predicted molar refractivity (Wildman–Crippen MR) is 66.1 cm³/mol. The molecule has 0 aromatic rings. The molecule has 1 N–H and O–H groups in total. The molecule has 1 heteroatoms. The van der Waals surface area contributed by atoms with Gasteiger partial charge in [0.15, 0.2) is 0 Å². The van der Waals surface area contributed by atoms with Crippen LogP contribution in [0.5, 0.6) is 0 Å². The van der Waals surface area contributed by atoms with Crippen molar-refractivity contribution in [3.63, 3.8) is 0 Å². The van der Waals surface area contributed by atoms with E-state index in [1.807, 2.05) is 0 Å². The molecule has 9 unspecified atom stereocenters. The number of hydrogen-bond donors (Lipinski definition) is 1. The maximum atomic E-state index is 8.81. The van der Waals surface area contributed by atoms with Crippen LogP contribution in [0.3, 0.4) is 0 Å². The summed E-state index contributed by atoms with van der Waals surface area (Å²) < 4.78 is 0. The fourth-order valence-corrected chi connectivity index (χ4v) is 6.61. The van der Waals surface area contributed by atoms with Gasteiger partial charge >= 0.3 is 0 Å². The zero-order valence-corrected chi connectivity index (χ0v) is 10.3. The topological polar surface area (TPSA) is 20.2 Å². The molecule has 92 valence electrons. The van der Waals surface area contributed by atoms with Gasteiger partial charge in [0.25, 0.3) is 0 Å². The number of allylic oxidation sites excluding steroid dienone is 1. The first-order chi connectivity index (χ1) is 8.42. The zero-order chi connectivity index (χ0) is 11.1. The van der Waals surface area contributed by atoms with Crippen LogP contribution in [0.15, 0.2) is 12.2 Å². The number of aliphatic hydroxyl groups is 1. The number of rotatable bonds is 3. The highest BCUT2D eigenvalue weighted by molar-refractivity contribution is 5.28. The molecule has 0 radical (unpaired) electrons. The highest BCUT2D eigenvalue weighted by Gasteiger charge is 2.79. The minimum atomic E-state index is 0.317. The summed E-state index contributed by atoms with van der Waals surface area (Å²) in [5, 5.41) is 8.81. The van der Waals surface area contributed by atoms with E-state index in [9.17, 15) is 0 Å². The van der Waals surface area contributed by atoms with Crippen molar-refractivity contribution >= 4 is 0 Å². The lowest BCUT2D eigenvalue weighted by Crippen LogP contribution is -2.80. The van der Waals surface area contributed by atoms with Crippen molar-refractivity contribution in [1.82, 2.24) is 0 Å². The first kappa shape index (κ1) is 9.61. The van der Waals surface area contributed by atoms with E-state index >= 15 is 0 Å². The van der Waals surface area contributed by atoms with Gasteiger partial charge in [0.2, 0.25) is 0 Å². The molecule has 0 bridgehead atoms. The first-order valence-electron chi connectivity index (χ1n) is 7.69. The summed E-state index contributed by atoms with van der Waals surface area (Å²) in [6.07, 6.45) is 10.1. The monoisotopic (exact) mass is 230 g/mol. The Morgan fingerprint density at radius 1 is 0.882 bits per heavy atom. The highest BCUT2D eigenvalue weighted by atomic mass is 16.2. The second-order valence-corrected chi connectivity index (χ2v) is 7.30. The molecule has 0 saturated heterocycles. The SMILES string of the molecule is OCCC=CC1CC2C1C1C3C4CCC4C3C21. The number of fused-ring (bicyclic) bond motifs is 10. The molecule has 0 aliphatic heterocycles. The van der Waals surface area contributed by atoms with Crippen LogP contribution in [-0.4, -0.2) is 11.7 Å². The molecule has 1 nitrogen and oxygen atoms in total. The van der Waals surface area contributed by atoms with Crippen LogP contribution < -0.4 is 0 Å². The molecular formula is C16H22O. The Morgan fingerprint density at radius 3 is 2.29 bits per heavy atom. The van der Waals surface area contributed by atoms with E-state index < -0.39 is 0 Å². The third-order valence-corrected chi connectivity index (χ3v) is 7.30. The third kappa shape index (κ3) is 0.885. The molecule has 0 amide bonds. The highest BCUT2D eigenvalue weighted by Crippen LogP contribution is 2.84. The van der Waals surface area contributed by atoms with Gasteiger partial charge in [-0.1, -0.05) is 12.2 Å². The standard InChI is InChI=1S/C16H22O/c17-6-2-1-3-8-7-11-12(8)16-14-10-5-4-9(10)13(14)15(11)16/h1,3,8-17H,2,4-7H2. The summed E-state index contributed by atoms with van der Waals surface area (Å²) in [5.74, 6) is 10.2. The van der Waals surface area contributed by atoms with Crippen molar-refractivity contribution < 1.29 is 5.11 Å². The van der Waals surface area contributed by atoms with Crippen molar-refractivity contribution in [2.75, 3.05) is 6.61 Å². The van der Waals surface area contributed by atoms with Gasteiger partial charge in [-0.2, -0.15) is 0 Å². The van der Waals surface area contributed by atoms with Gasteiger partial charge in [0.05, 0.1) is 0 Å². The molecule has 9 atom stereocenters. The van der Waals surface area contributed by atoms with Gasteiger partial charge in [-0.05, 0) is 78.9 Å². The largest absolute Gasteiger partial charge is 0.396 e. The second kappa shape index (κ2) is 2.99. The molecule has 0 aromatic heterocycles. The fourth-order valence-electron chi connectivity index (χ4n) is 6.61. The van der Waals surface area contributed by atoms with Crippen LogP contribution in [0.1, 0.15) is 25.7 Å². The summed E-state index contributed by atoms with van der Waals surface area (Å²) in [6.45, 7) is 0.317. The molecule has 17 heavy (non-hydrogen) atoms. The van der Waals surface area contributed by atoms with Crippen LogP contribution in [0.4, 0.5) is 0 Å². The van der Waals surface area contributed by atoms with Crippen molar-refractivity contribution in [1.29, 1.82) is 0 Å². The molecule has 5 fully saturated rings. The summed E-state index contributed by atoms with van der Waals surface area (Å²) in [7, 11) is 0. The van der Waals surface area contributed by atoms with E-state index in [-0.39, 0.29) is 0 Å². The molecule has 0 spiro atoms. The first-order valence-corrected chi connectivity index (χ1v) is 7.69. The quantitative estimate of drug-likeness (QED) is 0.584. The Morgan fingerprint density at radius 2 is 1.59 bits per heavy atom. The van der Waals surface area contributed by atoms with Gasteiger partial charge in [-0.25, -0.2) is 0 Å². The van der Waals surface area contributed by atoms with Crippen LogP contribution in [0, 0.1) is 53.3 Å². The number of hydrogen-bond acceptors (Lipinski definition) is 1. The van der Waals surface area contributed by atoms with Gasteiger partial charge in [0, 0.05) is 6.61 Å². The normalized spacial score (nSPS) is 64.9. The van der Waals surface area contributed by atoms with Crippen LogP contribution in [-0.2, 0) is 0 Å². The average Bonchev–Trinajstić information content (AvgIpc) is 2.27.